The van der Waals surface area contributed by atoms with Crippen LogP contribution in [0.15, 0.2) is 65.8 Å². The average Bonchev–Trinajstić information content (AvgIpc) is 3.15. The lowest BCUT2D eigenvalue weighted by Crippen LogP contribution is -1.93. The van der Waals surface area contributed by atoms with Crippen molar-refractivity contribution < 1.29 is 13.9 Å². The predicted molar refractivity (Wildman–Crippen MR) is 108 cm³/mol. The number of benzene rings is 1. The molecular weight excluding hydrogens is 312 g/mol. The minimum absolute atomic E-state index is 0. The summed E-state index contributed by atoms with van der Waals surface area (Å²) >= 11 is 0. The summed E-state index contributed by atoms with van der Waals surface area (Å²) in [5.74, 6) is 0.723. The lowest BCUT2D eigenvalue weighted by Gasteiger charge is -1.94. The van der Waals surface area contributed by atoms with Gasteiger partial charge in [-0.05, 0) is 37.1 Å². The van der Waals surface area contributed by atoms with Gasteiger partial charge in [-0.15, -0.1) is 6.58 Å². The molecule has 138 valence electrons. The van der Waals surface area contributed by atoms with Crippen LogP contribution < -0.4 is 0 Å². The molecule has 3 nitrogen and oxygen atoms in total. The number of hydrogen-bond donors (Lipinski definition) is 0. The highest BCUT2D eigenvalue weighted by atomic mass is 16.5. The molecule has 0 N–H and O–H groups in total. The number of rotatable bonds is 4. The van der Waals surface area contributed by atoms with Gasteiger partial charge in [-0.25, -0.2) is 4.79 Å². The third kappa shape index (κ3) is 13.6. The Bertz CT molecular complexity index is 578. The van der Waals surface area contributed by atoms with Gasteiger partial charge in [0, 0.05) is 12.5 Å². The standard InChI is InChI=1S/C11H12O2.C6H8O.C4H8.CH4/c1-9-3-5-10(6-4-9)7-8-11(12)13-2;1-2-6-4-3-5-7-6;1-3-4-2;/h3-8H,1-2H3;3-5H,2H2,1H3;3H,1,4H2,2H3;1H4/b8-7+;;;. The smallest absolute Gasteiger partial charge is 0.330 e. The highest BCUT2D eigenvalue weighted by Crippen LogP contribution is 2.04. The van der Waals surface area contributed by atoms with E-state index in [1.165, 1.54) is 18.7 Å². The first-order valence-electron chi connectivity index (χ1n) is 8.03. The van der Waals surface area contributed by atoms with Crippen molar-refractivity contribution in [3.63, 3.8) is 0 Å². The fourth-order valence-corrected chi connectivity index (χ4v) is 1.42. The van der Waals surface area contributed by atoms with Gasteiger partial charge in [0.25, 0.3) is 0 Å². The molecule has 0 unspecified atom stereocenters. The monoisotopic (exact) mass is 344 g/mol. The largest absolute Gasteiger partial charge is 0.469 e. The van der Waals surface area contributed by atoms with Crippen LogP contribution in [0.5, 0.6) is 0 Å². The Morgan fingerprint density at radius 3 is 2.16 bits per heavy atom. The van der Waals surface area contributed by atoms with E-state index in [0.29, 0.717) is 0 Å². The molecule has 0 radical (unpaired) electrons. The molecule has 0 bridgehead atoms. The van der Waals surface area contributed by atoms with Gasteiger partial charge in [0.2, 0.25) is 0 Å². The fraction of sp³-hybridized carbons (Fsp3) is 0.318. The second-order valence-electron chi connectivity index (χ2n) is 4.90. The Hall–Kier alpha value is -2.55. The van der Waals surface area contributed by atoms with Crippen LogP contribution in [0.2, 0.25) is 0 Å². The number of furan rings is 1. The average molecular weight is 344 g/mol. The van der Waals surface area contributed by atoms with Crippen LogP contribution in [-0.2, 0) is 16.0 Å². The van der Waals surface area contributed by atoms with Crippen LogP contribution in [0.1, 0.15) is 44.6 Å². The van der Waals surface area contributed by atoms with Crippen LogP contribution in [-0.4, -0.2) is 13.1 Å². The van der Waals surface area contributed by atoms with Gasteiger partial charge in [-0.2, -0.15) is 0 Å². The van der Waals surface area contributed by atoms with Gasteiger partial charge in [0.05, 0.1) is 13.4 Å². The van der Waals surface area contributed by atoms with E-state index >= 15 is 0 Å². The predicted octanol–water partition coefficient (Wildman–Crippen LogP) is 6.24. The number of esters is 1. The van der Waals surface area contributed by atoms with Crippen molar-refractivity contribution in [2.24, 2.45) is 0 Å². The Balaban J connectivity index is 0. The molecule has 0 atom stereocenters. The molecule has 3 heteroatoms. The van der Waals surface area contributed by atoms with Crippen LogP contribution in [0.4, 0.5) is 0 Å². The third-order valence-corrected chi connectivity index (χ3v) is 2.91. The molecule has 0 amide bonds. The molecule has 2 rings (SSSR count). The van der Waals surface area contributed by atoms with E-state index in [4.69, 9.17) is 4.42 Å². The van der Waals surface area contributed by atoms with Crippen molar-refractivity contribution in [2.45, 2.75) is 41.0 Å². The van der Waals surface area contributed by atoms with Crippen molar-refractivity contribution in [1.82, 2.24) is 0 Å². The van der Waals surface area contributed by atoms with E-state index in [1.54, 1.807) is 12.3 Å². The summed E-state index contributed by atoms with van der Waals surface area (Å²) in [5.41, 5.74) is 2.20. The molecule has 0 aliphatic carbocycles. The second kappa shape index (κ2) is 16.3. The lowest BCUT2D eigenvalue weighted by molar-refractivity contribution is -0.134. The topological polar surface area (TPSA) is 39.4 Å². The molecule has 0 fully saturated rings. The molecule has 0 saturated carbocycles. The molecule has 2 aromatic rings. The van der Waals surface area contributed by atoms with Gasteiger partial charge in [0.15, 0.2) is 0 Å². The van der Waals surface area contributed by atoms with Gasteiger partial charge >= 0.3 is 5.97 Å². The Morgan fingerprint density at radius 2 is 1.80 bits per heavy atom. The first kappa shape index (κ1) is 24.7. The van der Waals surface area contributed by atoms with Crippen molar-refractivity contribution in [3.05, 3.63) is 78.3 Å². The van der Waals surface area contributed by atoms with Crippen molar-refractivity contribution in [3.8, 4) is 0 Å². The summed E-state index contributed by atoms with van der Waals surface area (Å²) in [7, 11) is 1.36. The lowest BCUT2D eigenvalue weighted by atomic mass is 10.1. The van der Waals surface area contributed by atoms with Gasteiger partial charge in [0.1, 0.15) is 5.76 Å². The van der Waals surface area contributed by atoms with E-state index in [9.17, 15) is 4.79 Å². The van der Waals surface area contributed by atoms with Crippen LogP contribution in [0.3, 0.4) is 0 Å². The minimum atomic E-state index is -0.333. The molecular formula is C22H32O3. The molecule has 1 aromatic heterocycles. The Labute approximate surface area is 153 Å². The summed E-state index contributed by atoms with van der Waals surface area (Å²) in [6.07, 6.45) is 8.78. The third-order valence-electron chi connectivity index (χ3n) is 2.91. The Kier molecular flexibility index (Phi) is 16.1. The van der Waals surface area contributed by atoms with Gasteiger partial charge in [-0.3, -0.25) is 0 Å². The molecule has 25 heavy (non-hydrogen) atoms. The van der Waals surface area contributed by atoms with E-state index < -0.39 is 0 Å². The first-order valence-corrected chi connectivity index (χ1v) is 8.03. The molecule has 0 spiro atoms. The molecule has 0 aliphatic heterocycles. The second-order valence-corrected chi connectivity index (χ2v) is 4.90. The number of methoxy groups -OCH3 is 1. The number of carbonyl (C=O) groups is 1. The van der Waals surface area contributed by atoms with Crippen molar-refractivity contribution >= 4 is 12.0 Å². The molecule has 1 heterocycles. The zero-order valence-corrected chi connectivity index (χ0v) is 15.1. The van der Waals surface area contributed by atoms with Gasteiger partial charge in [-0.1, -0.05) is 57.2 Å². The van der Waals surface area contributed by atoms with E-state index in [0.717, 1.165) is 24.2 Å². The highest BCUT2D eigenvalue weighted by Gasteiger charge is 1.91. The van der Waals surface area contributed by atoms with Crippen LogP contribution >= 0.6 is 0 Å². The molecule has 1 aromatic carbocycles. The number of allylic oxidation sites excluding steroid dienone is 1. The van der Waals surface area contributed by atoms with Crippen LogP contribution in [0.25, 0.3) is 6.08 Å². The van der Waals surface area contributed by atoms with E-state index in [2.05, 4.69) is 25.2 Å². The summed E-state index contributed by atoms with van der Waals surface area (Å²) in [5, 5.41) is 0. The van der Waals surface area contributed by atoms with Crippen molar-refractivity contribution in [1.29, 1.82) is 0 Å². The zero-order valence-electron chi connectivity index (χ0n) is 15.1. The number of hydrogen-bond acceptors (Lipinski definition) is 3. The summed E-state index contributed by atoms with van der Waals surface area (Å²) < 4.78 is 9.45. The number of carbonyl (C=O) groups excluding carboxylic acids is 1. The zero-order chi connectivity index (χ0) is 18.2. The highest BCUT2D eigenvalue weighted by molar-refractivity contribution is 5.86. The van der Waals surface area contributed by atoms with Crippen LogP contribution in [0, 0.1) is 6.92 Å². The maximum absolute atomic E-state index is 10.7. The maximum atomic E-state index is 10.7. The fourth-order valence-electron chi connectivity index (χ4n) is 1.42. The SMILES string of the molecule is C.C=CCC.CCc1ccco1.COC(=O)/C=C/c1ccc(C)cc1. The first-order chi connectivity index (χ1) is 11.6. The van der Waals surface area contributed by atoms with Crippen molar-refractivity contribution in [2.75, 3.05) is 7.11 Å². The molecule has 0 saturated heterocycles. The van der Waals surface area contributed by atoms with E-state index in [-0.39, 0.29) is 13.4 Å². The summed E-state index contributed by atoms with van der Waals surface area (Å²) in [4.78, 5) is 10.7. The van der Waals surface area contributed by atoms with Gasteiger partial charge < -0.3 is 9.15 Å². The Morgan fingerprint density at radius 1 is 1.20 bits per heavy atom. The summed E-state index contributed by atoms with van der Waals surface area (Å²) in [6, 6.07) is 11.8. The molecule has 0 aliphatic rings. The minimum Gasteiger partial charge on any atom is -0.469 e. The summed E-state index contributed by atoms with van der Waals surface area (Å²) in [6.45, 7) is 9.63. The number of aryl methyl sites for hydroxylation is 2. The number of ether oxygens (including phenoxy) is 1. The van der Waals surface area contributed by atoms with E-state index in [1.807, 2.05) is 49.4 Å². The normalized spacial score (nSPS) is 8.96. The maximum Gasteiger partial charge on any atom is 0.330 e. The quantitative estimate of drug-likeness (QED) is 0.374.